The van der Waals surface area contributed by atoms with Gasteiger partial charge in [-0.1, -0.05) is 37.3 Å². The summed E-state index contributed by atoms with van der Waals surface area (Å²) in [7, 11) is 3.21. The average Bonchev–Trinajstić information content (AvgIpc) is 2.76. The second-order valence-electron chi connectivity index (χ2n) is 6.83. The molecule has 156 valence electrons. The molecule has 2 rings (SSSR count). The maximum Gasteiger partial charge on any atom is 0.242 e. The lowest BCUT2D eigenvalue weighted by Gasteiger charge is -2.29. The minimum Gasteiger partial charge on any atom is -0.497 e. The second-order valence-corrected chi connectivity index (χ2v) is 6.83. The third kappa shape index (κ3) is 6.24. The van der Waals surface area contributed by atoms with Gasteiger partial charge >= 0.3 is 0 Å². The van der Waals surface area contributed by atoms with Crippen LogP contribution in [0.25, 0.3) is 0 Å². The monoisotopic (exact) mass is 398 g/mol. The van der Waals surface area contributed by atoms with E-state index in [1.165, 1.54) is 0 Å². The van der Waals surface area contributed by atoms with Crippen molar-refractivity contribution in [1.82, 2.24) is 10.2 Å². The van der Waals surface area contributed by atoms with Crippen molar-refractivity contribution >= 4 is 11.8 Å². The molecule has 0 aliphatic rings. The van der Waals surface area contributed by atoms with Crippen molar-refractivity contribution in [2.24, 2.45) is 0 Å². The maximum atomic E-state index is 12.8. The van der Waals surface area contributed by atoms with Gasteiger partial charge in [-0.25, -0.2) is 0 Å². The Morgan fingerprint density at radius 2 is 1.72 bits per heavy atom. The summed E-state index contributed by atoms with van der Waals surface area (Å²) >= 11 is 0. The summed E-state index contributed by atoms with van der Waals surface area (Å²) in [5.41, 5.74) is 1.83. The molecule has 2 aromatic carbocycles. The van der Waals surface area contributed by atoms with Crippen molar-refractivity contribution in [3.63, 3.8) is 0 Å². The van der Waals surface area contributed by atoms with E-state index in [4.69, 9.17) is 9.47 Å². The number of nitrogens with one attached hydrogen (secondary N) is 1. The first-order valence-electron chi connectivity index (χ1n) is 9.82. The Bertz CT molecular complexity index is 805. The Hall–Kier alpha value is -3.02. The van der Waals surface area contributed by atoms with E-state index in [1.807, 2.05) is 55.5 Å². The Kier molecular flexibility index (Phi) is 8.52. The normalized spacial score (nSPS) is 11.4. The van der Waals surface area contributed by atoms with Gasteiger partial charge in [-0.15, -0.1) is 0 Å². The van der Waals surface area contributed by atoms with Gasteiger partial charge < -0.3 is 19.7 Å². The van der Waals surface area contributed by atoms with Crippen LogP contribution in [0, 0.1) is 0 Å². The Labute approximate surface area is 172 Å². The van der Waals surface area contributed by atoms with E-state index in [-0.39, 0.29) is 11.8 Å². The number of para-hydroxylation sites is 1. The van der Waals surface area contributed by atoms with Crippen LogP contribution in [0.5, 0.6) is 11.5 Å². The van der Waals surface area contributed by atoms with Crippen molar-refractivity contribution < 1.29 is 19.1 Å². The minimum absolute atomic E-state index is 0.0386. The zero-order valence-corrected chi connectivity index (χ0v) is 17.6. The first-order valence-corrected chi connectivity index (χ1v) is 9.82. The Balaban J connectivity index is 2.09. The maximum absolute atomic E-state index is 12.8. The van der Waals surface area contributed by atoms with E-state index in [0.29, 0.717) is 19.5 Å². The predicted molar refractivity (Wildman–Crippen MR) is 113 cm³/mol. The minimum atomic E-state index is -0.592. The van der Waals surface area contributed by atoms with Crippen LogP contribution in [0.4, 0.5) is 0 Å². The highest BCUT2D eigenvalue weighted by atomic mass is 16.5. The van der Waals surface area contributed by atoms with Crippen LogP contribution in [0.2, 0.25) is 0 Å². The molecule has 0 aliphatic heterocycles. The molecule has 0 unspecified atom stereocenters. The van der Waals surface area contributed by atoms with Gasteiger partial charge in [0.2, 0.25) is 11.8 Å². The van der Waals surface area contributed by atoms with E-state index in [0.717, 1.165) is 29.0 Å². The molecule has 2 aromatic rings. The summed E-state index contributed by atoms with van der Waals surface area (Å²) in [4.78, 5) is 27.1. The molecule has 0 aromatic heterocycles. The Morgan fingerprint density at radius 1 is 1.03 bits per heavy atom. The standard InChI is InChI=1S/C23H30N2O4/c1-5-8-22(26)25(16-18-11-13-20(28-3)14-12-18)17(2)23(27)24-15-19-9-6-7-10-21(19)29-4/h6-7,9-14,17H,5,8,15-16H2,1-4H3,(H,24,27)/t17-/m1/s1. The van der Waals surface area contributed by atoms with Crippen molar-refractivity contribution in [3.05, 3.63) is 59.7 Å². The summed E-state index contributed by atoms with van der Waals surface area (Å²) in [5, 5.41) is 2.92. The molecule has 0 heterocycles. The highest BCUT2D eigenvalue weighted by Gasteiger charge is 2.25. The Morgan fingerprint density at radius 3 is 2.34 bits per heavy atom. The molecule has 1 atom stereocenters. The number of nitrogens with zero attached hydrogens (tertiary/aromatic N) is 1. The van der Waals surface area contributed by atoms with Crippen LogP contribution in [-0.2, 0) is 22.7 Å². The summed E-state index contributed by atoms with van der Waals surface area (Å²) in [5.74, 6) is 1.23. The summed E-state index contributed by atoms with van der Waals surface area (Å²) in [6, 6.07) is 14.5. The van der Waals surface area contributed by atoms with Crippen LogP contribution in [-0.4, -0.2) is 37.0 Å². The number of carbonyl (C=O) groups excluding carboxylic acids is 2. The molecule has 0 bridgehead atoms. The van der Waals surface area contributed by atoms with E-state index in [9.17, 15) is 9.59 Å². The van der Waals surface area contributed by atoms with Gasteiger partial charge in [0, 0.05) is 25.1 Å². The van der Waals surface area contributed by atoms with Crippen LogP contribution in [0.15, 0.2) is 48.5 Å². The van der Waals surface area contributed by atoms with Crippen molar-refractivity contribution in [3.8, 4) is 11.5 Å². The van der Waals surface area contributed by atoms with E-state index < -0.39 is 6.04 Å². The molecule has 0 saturated carbocycles. The lowest BCUT2D eigenvalue weighted by molar-refractivity contribution is -0.140. The van der Waals surface area contributed by atoms with Crippen molar-refractivity contribution in [2.75, 3.05) is 14.2 Å². The molecular formula is C23H30N2O4. The number of benzene rings is 2. The van der Waals surface area contributed by atoms with Crippen LogP contribution >= 0.6 is 0 Å². The smallest absolute Gasteiger partial charge is 0.242 e. The number of rotatable bonds is 10. The average molecular weight is 399 g/mol. The largest absolute Gasteiger partial charge is 0.497 e. The van der Waals surface area contributed by atoms with E-state index in [2.05, 4.69) is 5.32 Å². The number of methoxy groups -OCH3 is 2. The van der Waals surface area contributed by atoms with Crippen molar-refractivity contribution in [2.45, 2.75) is 45.8 Å². The summed E-state index contributed by atoms with van der Waals surface area (Å²) < 4.78 is 10.5. The van der Waals surface area contributed by atoms with Gasteiger partial charge in [0.1, 0.15) is 17.5 Å². The van der Waals surface area contributed by atoms with Crippen LogP contribution in [0.1, 0.15) is 37.8 Å². The fraction of sp³-hybridized carbons (Fsp3) is 0.391. The van der Waals surface area contributed by atoms with Gasteiger partial charge in [-0.2, -0.15) is 0 Å². The number of carbonyl (C=O) groups is 2. The fourth-order valence-corrected chi connectivity index (χ4v) is 3.05. The first-order chi connectivity index (χ1) is 14.0. The lowest BCUT2D eigenvalue weighted by Crippen LogP contribution is -2.47. The number of ether oxygens (including phenoxy) is 2. The molecule has 0 saturated heterocycles. The fourth-order valence-electron chi connectivity index (χ4n) is 3.05. The molecular weight excluding hydrogens is 368 g/mol. The predicted octanol–water partition coefficient (Wildman–Crippen LogP) is 3.54. The van der Waals surface area contributed by atoms with Crippen LogP contribution < -0.4 is 14.8 Å². The third-order valence-electron chi connectivity index (χ3n) is 4.79. The van der Waals surface area contributed by atoms with Gasteiger partial charge in [0.05, 0.1) is 14.2 Å². The molecule has 6 nitrogen and oxygen atoms in total. The molecule has 0 fully saturated rings. The van der Waals surface area contributed by atoms with Crippen LogP contribution in [0.3, 0.4) is 0 Å². The SMILES string of the molecule is CCCC(=O)N(Cc1ccc(OC)cc1)[C@H](C)C(=O)NCc1ccccc1OC. The third-order valence-corrected chi connectivity index (χ3v) is 4.79. The molecule has 0 spiro atoms. The first kappa shape index (κ1) is 22.3. The molecule has 6 heteroatoms. The molecule has 29 heavy (non-hydrogen) atoms. The highest BCUT2D eigenvalue weighted by Crippen LogP contribution is 2.18. The topological polar surface area (TPSA) is 67.9 Å². The number of hydrogen-bond acceptors (Lipinski definition) is 4. The zero-order valence-electron chi connectivity index (χ0n) is 17.6. The van der Waals surface area contributed by atoms with Gasteiger partial charge in [-0.3, -0.25) is 9.59 Å². The lowest BCUT2D eigenvalue weighted by atomic mass is 10.1. The highest BCUT2D eigenvalue weighted by molar-refractivity contribution is 5.87. The van der Waals surface area contributed by atoms with E-state index in [1.54, 1.807) is 26.0 Å². The quantitative estimate of drug-likeness (QED) is 0.665. The van der Waals surface area contributed by atoms with Gasteiger partial charge in [0.15, 0.2) is 0 Å². The molecule has 0 radical (unpaired) electrons. The second kappa shape index (κ2) is 11.1. The zero-order chi connectivity index (χ0) is 21.2. The van der Waals surface area contributed by atoms with E-state index >= 15 is 0 Å². The summed E-state index contributed by atoms with van der Waals surface area (Å²) in [6.07, 6.45) is 1.13. The van der Waals surface area contributed by atoms with Gasteiger partial charge in [-0.05, 0) is 37.1 Å². The molecule has 2 amide bonds. The molecule has 1 N–H and O–H groups in total. The molecule has 0 aliphatic carbocycles. The number of amides is 2. The van der Waals surface area contributed by atoms with Crippen molar-refractivity contribution in [1.29, 1.82) is 0 Å². The van der Waals surface area contributed by atoms with Gasteiger partial charge in [0.25, 0.3) is 0 Å². The summed E-state index contributed by atoms with van der Waals surface area (Å²) in [6.45, 7) is 4.42. The number of hydrogen-bond donors (Lipinski definition) is 1.